The third-order valence-electron chi connectivity index (χ3n) is 3.40. The molecule has 6 heteroatoms. The topological polar surface area (TPSA) is 49.2 Å². The Morgan fingerprint density at radius 3 is 2.50 bits per heavy atom. The zero-order valence-corrected chi connectivity index (χ0v) is 11.3. The first-order valence-corrected chi connectivity index (χ1v) is 6.69. The van der Waals surface area contributed by atoms with Gasteiger partial charge in [0.1, 0.15) is 5.82 Å². The van der Waals surface area contributed by atoms with Crippen molar-refractivity contribution in [3.8, 4) is 0 Å². The highest BCUT2D eigenvalue weighted by atomic mass is 35.5. The van der Waals surface area contributed by atoms with Gasteiger partial charge in [-0.2, -0.15) is 0 Å². The molecule has 0 unspecified atom stereocenters. The van der Waals surface area contributed by atoms with Crippen LogP contribution in [0.1, 0.15) is 18.0 Å². The lowest BCUT2D eigenvalue weighted by atomic mass is 10.0. The number of benzene rings is 1. The highest BCUT2D eigenvalue weighted by Gasteiger charge is 2.33. The highest BCUT2D eigenvalue weighted by Crippen LogP contribution is 2.34. The largest absolute Gasteiger partial charge is 0.391 e. The molecular formula is C14H13ClFN3O. The molecule has 2 atom stereocenters. The fraction of sp³-hybridized carbons (Fsp3) is 0.286. The van der Waals surface area contributed by atoms with Crippen LogP contribution >= 0.6 is 11.6 Å². The SMILES string of the molecule is O[C@H]1C[C@@H](c2ccc(F)cc2)N(c2ncc(Cl)cn2)C1. The van der Waals surface area contributed by atoms with Gasteiger partial charge in [-0.05, 0) is 24.1 Å². The Balaban J connectivity index is 1.92. The van der Waals surface area contributed by atoms with Gasteiger partial charge in [0.25, 0.3) is 0 Å². The summed E-state index contributed by atoms with van der Waals surface area (Å²) in [6.45, 7) is 0.448. The molecule has 1 aliphatic heterocycles. The molecule has 0 aliphatic carbocycles. The maximum atomic E-state index is 13.0. The van der Waals surface area contributed by atoms with Crippen molar-refractivity contribution in [2.75, 3.05) is 11.4 Å². The minimum Gasteiger partial charge on any atom is -0.391 e. The standard InChI is InChI=1S/C14H13ClFN3O/c15-10-6-17-14(18-7-10)19-8-12(20)5-13(19)9-1-3-11(16)4-2-9/h1-4,6-7,12-13,20H,5,8H2/t12-,13-/m0/s1. The molecule has 0 amide bonds. The molecule has 0 spiro atoms. The smallest absolute Gasteiger partial charge is 0.225 e. The van der Waals surface area contributed by atoms with Gasteiger partial charge in [-0.3, -0.25) is 0 Å². The predicted molar refractivity (Wildman–Crippen MR) is 74.2 cm³/mol. The number of β-amino-alcohol motifs (C(OH)–C–C–N with tert-alkyl or cyclic N) is 1. The van der Waals surface area contributed by atoms with Crippen molar-refractivity contribution in [2.24, 2.45) is 0 Å². The summed E-state index contributed by atoms with van der Waals surface area (Å²) in [4.78, 5) is 10.3. The molecule has 1 aliphatic rings. The van der Waals surface area contributed by atoms with E-state index in [9.17, 15) is 9.50 Å². The second-order valence-electron chi connectivity index (χ2n) is 4.81. The molecule has 0 bridgehead atoms. The number of nitrogens with zero attached hydrogens (tertiary/aromatic N) is 3. The van der Waals surface area contributed by atoms with Crippen molar-refractivity contribution in [3.05, 3.63) is 53.1 Å². The van der Waals surface area contributed by atoms with E-state index in [2.05, 4.69) is 9.97 Å². The van der Waals surface area contributed by atoms with Crippen LogP contribution in [0.25, 0.3) is 0 Å². The van der Waals surface area contributed by atoms with E-state index in [4.69, 9.17) is 11.6 Å². The number of hydrogen-bond acceptors (Lipinski definition) is 4. The Morgan fingerprint density at radius 1 is 1.20 bits per heavy atom. The van der Waals surface area contributed by atoms with Gasteiger partial charge in [-0.1, -0.05) is 23.7 Å². The number of aliphatic hydroxyl groups excluding tert-OH is 1. The van der Waals surface area contributed by atoms with Gasteiger partial charge in [0, 0.05) is 6.54 Å². The van der Waals surface area contributed by atoms with Gasteiger partial charge >= 0.3 is 0 Å². The Kier molecular flexibility index (Phi) is 3.54. The zero-order chi connectivity index (χ0) is 14.1. The van der Waals surface area contributed by atoms with E-state index in [1.807, 2.05) is 4.90 Å². The summed E-state index contributed by atoms with van der Waals surface area (Å²) in [5, 5.41) is 10.4. The number of hydrogen-bond donors (Lipinski definition) is 1. The number of aromatic nitrogens is 2. The van der Waals surface area contributed by atoms with E-state index in [1.54, 1.807) is 12.1 Å². The quantitative estimate of drug-likeness (QED) is 0.924. The average molecular weight is 294 g/mol. The van der Waals surface area contributed by atoms with Gasteiger partial charge < -0.3 is 10.0 Å². The first kappa shape index (κ1) is 13.3. The molecular weight excluding hydrogens is 281 g/mol. The second kappa shape index (κ2) is 5.34. The average Bonchev–Trinajstić information content (AvgIpc) is 2.82. The summed E-state index contributed by atoms with van der Waals surface area (Å²) in [5.41, 5.74) is 0.932. The maximum absolute atomic E-state index is 13.0. The van der Waals surface area contributed by atoms with E-state index in [0.717, 1.165) is 5.56 Å². The summed E-state index contributed by atoms with van der Waals surface area (Å²) in [6.07, 6.45) is 3.16. The van der Waals surface area contributed by atoms with E-state index in [1.165, 1.54) is 24.5 Å². The molecule has 104 valence electrons. The summed E-state index contributed by atoms with van der Waals surface area (Å²) in [7, 11) is 0. The van der Waals surface area contributed by atoms with Crippen LogP contribution in [-0.2, 0) is 0 Å². The molecule has 1 N–H and O–H groups in total. The van der Waals surface area contributed by atoms with Crippen molar-refractivity contribution in [1.29, 1.82) is 0 Å². The number of rotatable bonds is 2. The van der Waals surface area contributed by atoms with Crippen molar-refractivity contribution in [2.45, 2.75) is 18.6 Å². The molecule has 1 aromatic heterocycles. The lowest BCUT2D eigenvalue weighted by Crippen LogP contribution is -2.26. The van der Waals surface area contributed by atoms with Crippen molar-refractivity contribution >= 4 is 17.5 Å². The minimum atomic E-state index is -0.454. The van der Waals surface area contributed by atoms with Crippen LogP contribution in [0.5, 0.6) is 0 Å². The third-order valence-corrected chi connectivity index (χ3v) is 3.59. The fourth-order valence-electron chi connectivity index (χ4n) is 2.49. The van der Waals surface area contributed by atoms with Crippen LogP contribution in [-0.4, -0.2) is 27.7 Å². The minimum absolute atomic E-state index is 0.0632. The first-order chi connectivity index (χ1) is 9.63. The van der Waals surface area contributed by atoms with E-state index < -0.39 is 6.10 Å². The summed E-state index contributed by atoms with van der Waals surface area (Å²) < 4.78 is 13.0. The van der Waals surface area contributed by atoms with Crippen molar-refractivity contribution in [3.63, 3.8) is 0 Å². The molecule has 0 radical (unpaired) electrons. The molecule has 2 aromatic rings. The van der Waals surface area contributed by atoms with Crippen molar-refractivity contribution in [1.82, 2.24) is 9.97 Å². The second-order valence-corrected chi connectivity index (χ2v) is 5.25. The number of aliphatic hydroxyl groups is 1. The van der Waals surface area contributed by atoms with Gasteiger partial charge in [0.15, 0.2) is 0 Å². The van der Waals surface area contributed by atoms with E-state index in [0.29, 0.717) is 23.9 Å². The molecule has 1 saturated heterocycles. The van der Waals surface area contributed by atoms with Crippen LogP contribution in [0.2, 0.25) is 5.02 Å². The highest BCUT2D eigenvalue weighted by molar-refractivity contribution is 6.30. The molecule has 4 nitrogen and oxygen atoms in total. The Hall–Kier alpha value is -1.72. The van der Waals surface area contributed by atoms with Crippen molar-refractivity contribution < 1.29 is 9.50 Å². The fourth-order valence-corrected chi connectivity index (χ4v) is 2.59. The number of anilines is 1. The zero-order valence-electron chi connectivity index (χ0n) is 10.6. The molecule has 20 heavy (non-hydrogen) atoms. The molecule has 1 aromatic carbocycles. The molecule has 2 heterocycles. The van der Waals surface area contributed by atoms with Gasteiger partial charge in [-0.15, -0.1) is 0 Å². The lowest BCUT2D eigenvalue weighted by Gasteiger charge is -2.24. The Labute approximate surface area is 120 Å². The van der Waals surface area contributed by atoms with Crippen LogP contribution in [0.15, 0.2) is 36.7 Å². The monoisotopic (exact) mass is 293 g/mol. The third kappa shape index (κ3) is 2.59. The maximum Gasteiger partial charge on any atom is 0.225 e. The van der Waals surface area contributed by atoms with E-state index in [-0.39, 0.29) is 11.9 Å². The summed E-state index contributed by atoms with van der Waals surface area (Å²) >= 11 is 5.78. The molecule has 1 fully saturated rings. The first-order valence-electron chi connectivity index (χ1n) is 6.31. The Bertz CT molecular complexity index is 537. The van der Waals surface area contributed by atoms with Crippen LogP contribution in [0.4, 0.5) is 10.3 Å². The lowest BCUT2D eigenvalue weighted by molar-refractivity contribution is 0.194. The van der Waals surface area contributed by atoms with E-state index >= 15 is 0 Å². The van der Waals surface area contributed by atoms with Crippen LogP contribution < -0.4 is 4.90 Å². The van der Waals surface area contributed by atoms with Crippen LogP contribution in [0.3, 0.4) is 0 Å². The number of halogens is 2. The molecule has 0 saturated carbocycles. The van der Waals surface area contributed by atoms with Gasteiger partial charge in [0.2, 0.25) is 5.95 Å². The Morgan fingerprint density at radius 2 is 1.85 bits per heavy atom. The van der Waals surface area contributed by atoms with Crippen LogP contribution in [0, 0.1) is 5.82 Å². The van der Waals surface area contributed by atoms with Gasteiger partial charge in [-0.25, -0.2) is 14.4 Å². The normalized spacial score (nSPS) is 22.2. The van der Waals surface area contributed by atoms with Gasteiger partial charge in [0.05, 0.1) is 29.6 Å². The molecule has 3 rings (SSSR count). The predicted octanol–water partition coefficient (Wildman–Crippen LogP) is 2.58. The summed E-state index contributed by atoms with van der Waals surface area (Å²) in [5.74, 6) is 0.238. The summed E-state index contributed by atoms with van der Waals surface area (Å²) in [6, 6.07) is 6.22.